The van der Waals surface area contributed by atoms with Gasteiger partial charge in [-0.3, -0.25) is 4.68 Å². The van der Waals surface area contributed by atoms with Crippen molar-refractivity contribution in [3.05, 3.63) is 76.2 Å². The number of ether oxygens (including phenoxy) is 1. The average molecular weight is 490 g/mol. The number of halogens is 2. The Morgan fingerprint density at radius 2 is 2.00 bits per heavy atom. The smallest absolute Gasteiger partial charge is 0.179 e. The van der Waals surface area contributed by atoms with Gasteiger partial charge in [-0.15, -0.1) is 0 Å². The molecule has 0 N–H and O–H groups in total. The molecule has 6 rings (SSSR count). The van der Waals surface area contributed by atoms with Crippen molar-refractivity contribution in [2.45, 2.75) is 51.7 Å². The van der Waals surface area contributed by atoms with Crippen LogP contribution in [0.25, 0.3) is 27.9 Å². The summed E-state index contributed by atoms with van der Waals surface area (Å²) in [6, 6.07) is 7.14. The van der Waals surface area contributed by atoms with Crippen molar-refractivity contribution in [3.63, 3.8) is 0 Å². The predicted molar refractivity (Wildman–Crippen MR) is 134 cm³/mol. The number of rotatable bonds is 5. The number of benzene rings is 1. The lowest BCUT2D eigenvalue weighted by Crippen LogP contribution is -2.11. The molecule has 1 atom stereocenters. The maximum absolute atomic E-state index is 15.1. The molecule has 4 aromatic rings. The summed E-state index contributed by atoms with van der Waals surface area (Å²) >= 11 is 6.03. The molecule has 1 saturated carbocycles. The standard InChI is InChI=1S/C27H25ClFN5O/c1-3-23-15(2)31-27-26(32-23)21(20-7-4-18(28)11-22(20)29)12-24(33-27)16-8-9-35-25(10-16)17-13-30-34(14-17)19-5-6-19/h4,7,10-14,19,25H,3,5-6,8-9H2,1-2H3. The Hall–Kier alpha value is -3.16. The molecule has 8 heteroatoms. The zero-order chi connectivity index (χ0) is 24.1. The van der Waals surface area contributed by atoms with Crippen molar-refractivity contribution in [1.29, 1.82) is 0 Å². The van der Waals surface area contributed by atoms with E-state index in [1.54, 1.807) is 12.1 Å². The number of aryl methyl sites for hydroxylation is 2. The van der Waals surface area contributed by atoms with Gasteiger partial charge in [-0.1, -0.05) is 18.5 Å². The molecule has 1 unspecified atom stereocenters. The van der Waals surface area contributed by atoms with Crippen molar-refractivity contribution in [2.24, 2.45) is 0 Å². The van der Waals surface area contributed by atoms with Gasteiger partial charge in [0.1, 0.15) is 17.4 Å². The topological polar surface area (TPSA) is 65.7 Å². The monoisotopic (exact) mass is 489 g/mol. The number of pyridine rings is 1. The van der Waals surface area contributed by atoms with E-state index in [0.29, 0.717) is 46.4 Å². The molecule has 2 aliphatic rings. The number of hydrogen-bond acceptors (Lipinski definition) is 5. The largest absolute Gasteiger partial charge is 0.369 e. The van der Waals surface area contributed by atoms with E-state index in [2.05, 4.69) is 17.4 Å². The van der Waals surface area contributed by atoms with Crippen LogP contribution in [-0.2, 0) is 11.2 Å². The molecule has 1 aromatic carbocycles. The third-order valence-electron chi connectivity index (χ3n) is 6.69. The second-order valence-electron chi connectivity index (χ2n) is 9.18. The van der Waals surface area contributed by atoms with Crippen LogP contribution in [0.2, 0.25) is 5.02 Å². The van der Waals surface area contributed by atoms with Gasteiger partial charge in [0, 0.05) is 27.9 Å². The van der Waals surface area contributed by atoms with Gasteiger partial charge in [0.15, 0.2) is 5.65 Å². The van der Waals surface area contributed by atoms with Gasteiger partial charge in [-0.2, -0.15) is 5.10 Å². The van der Waals surface area contributed by atoms with Crippen molar-refractivity contribution in [3.8, 4) is 11.1 Å². The van der Waals surface area contributed by atoms with Crippen LogP contribution < -0.4 is 0 Å². The number of hydrogen-bond donors (Lipinski definition) is 0. The van der Waals surface area contributed by atoms with Gasteiger partial charge in [-0.25, -0.2) is 19.3 Å². The quantitative estimate of drug-likeness (QED) is 0.323. The third kappa shape index (κ3) is 4.23. The van der Waals surface area contributed by atoms with Gasteiger partial charge in [0.25, 0.3) is 0 Å². The Morgan fingerprint density at radius 3 is 2.77 bits per heavy atom. The Bertz CT molecular complexity index is 1480. The molecule has 1 fully saturated rings. The minimum absolute atomic E-state index is 0.199. The molecule has 1 aliphatic carbocycles. The summed E-state index contributed by atoms with van der Waals surface area (Å²) < 4.78 is 23.1. The van der Waals surface area contributed by atoms with Gasteiger partial charge in [0.05, 0.1) is 35.9 Å². The maximum Gasteiger partial charge on any atom is 0.179 e. The second kappa shape index (κ2) is 8.81. The van der Waals surface area contributed by atoms with E-state index in [-0.39, 0.29) is 6.10 Å². The molecule has 3 aromatic heterocycles. The highest BCUT2D eigenvalue weighted by Gasteiger charge is 2.27. The lowest BCUT2D eigenvalue weighted by Gasteiger charge is -2.22. The van der Waals surface area contributed by atoms with E-state index in [9.17, 15) is 0 Å². The molecular weight excluding hydrogens is 465 g/mol. The van der Waals surface area contributed by atoms with E-state index >= 15 is 4.39 Å². The molecule has 0 amide bonds. The Balaban J connectivity index is 1.49. The lowest BCUT2D eigenvalue weighted by molar-refractivity contribution is 0.0826. The second-order valence-corrected chi connectivity index (χ2v) is 9.62. The van der Waals surface area contributed by atoms with E-state index in [4.69, 9.17) is 31.3 Å². The predicted octanol–water partition coefficient (Wildman–Crippen LogP) is 6.43. The highest BCUT2D eigenvalue weighted by molar-refractivity contribution is 6.30. The van der Waals surface area contributed by atoms with Gasteiger partial charge in [-0.05, 0) is 68.5 Å². The normalized spacial score (nSPS) is 18.2. The van der Waals surface area contributed by atoms with Crippen LogP contribution in [0.15, 0.2) is 42.7 Å². The van der Waals surface area contributed by atoms with Gasteiger partial charge < -0.3 is 4.74 Å². The van der Waals surface area contributed by atoms with Crippen LogP contribution in [-0.4, -0.2) is 31.3 Å². The fourth-order valence-electron chi connectivity index (χ4n) is 4.62. The lowest BCUT2D eigenvalue weighted by atomic mass is 9.97. The molecule has 1 aliphatic heterocycles. The molecule has 4 heterocycles. The molecule has 178 valence electrons. The van der Waals surface area contributed by atoms with E-state index in [1.807, 2.05) is 30.8 Å². The zero-order valence-corrected chi connectivity index (χ0v) is 20.4. The van der Waals surface area contributed by atoms with Crippen molar-refractivity contribution in [2.75, 3.05) is 6.61 Å². The number of fused-ring (bicyclic) bond motifs is 1. The van der Waals surface area contributed by atoms with Crippen molar-refractivity contribution >= 4 is 28.3 Å². The number of nitrogens with zero attached hydrogens (tertiary/aromatic N) is 5. The summed E-state index contributed by atoms with van der Waals surface area (Å²) in [6.07, 6.45) is 9.64. The Kier molecular flexibility index (Phi) is 5.61. The summed E-state index contributed by atoms with van der Waals surface area (Å²) in [5.74, 6) is -0.400. The summed E-state index contributed by atoms with van der Waals surface area (Å²) in [4.78, 5) is 14.4. The van der Waals surface area contributed by atoms with Gasteiger partial charge in [0.2, 0.25) is 0 Å². The fraction of sp³-hybridized carbons (Fsp3) is 0.333. The minimum atomic E-state index is -0.400. The zero-order valence-electron chi connectivity index (χ0n) is 19.6. The molecule has 0 radical (unpaired) electrons. The molecule has 35 heavy (non-hydrogen) atoms. The highest BCUT2D eigenvalue weighted by atomic mass is 35.5. The Labute approximate surface area is 207 Å². The van der Waals surface area contributed by atoms with E-state index in [0.717, 1.165) is 34.6 Å². The van der Waals surface area contributed by atoms with Crippen LogP contribution >= 0.6 is 11.6 Å². The first-order chi connectivity index (χ1) is 17.0. The summed E-state index contributed by atoms with van der Waals surface area (Å²) in [5, 5.41) is 4.86. The SMILES string of the molecule is CCc1nc2c(-c3ccc(Cl)cc3F)cc(C3=CC(c4cnn(C5CC5)c4)OCC3)nc2nc1C. The van der Waals surface area contributed by atoms with Crippen molar-refractivity contribution in [1.82, 2.24) is 24.7 Å². The molecule has 0 bridgehead atoms. The van der Waals surface area contributed by atoms with Gasteiger partial charge >= 0.3 is 0 Å². The summed E-state index contributed by atoms with van der Waals surface area (Å²) in [6.45, 7) is 4.53. The molecule has 6 nitrogen and oxygen atoms in total. The van der Waals surface area contributed by atoms with Crippen molar-refractivity contribution < 1.29 is 9.13 Å². The van der Waals surface area contributed by atoms with Crippen LogP contribution in [0.1, 0.15) is 61.0 Å². The molecular formula is C27H25ClFN5O. The molecule has 0 spiro atoms. The minimum Gasteiger partial charge on any atom is -0.369 e. The van der Waals surface area contributed by atoms with E-state index < -0.39 is 5.82 Å². The summed E-state index contributed by atoms with van der Waals surface area (Å²) in [5.41, 5.74) is 6.71. The summed E-state index contributed by atoms with van der Waals surface area (Å²) in [7, 11) is 0. The Morgan fingerprint density at radius 1 is 1.14 bits per heavy atom. The molecule has 0 saturated heterocycles. The van der Waals surface area contributed by atoms with Crippen LogP contribution in [0.5, 0.6) is 0 Å². The first-order valence-corrected chi connectivity index (χ1v) is 12.4. The van der Waals surface area contributed by atoms with E-state index in [1.165, 1.54) is 18.9 Å². The third-order valence-corrected chi connectivity index (χ3v) is 6.93. The highest BCUT2D eigenvalue weighted by Crippen LogP contribution is 2.38. The van der Waals surface area contributed by atoms with Crippen LogP contribution in [0, 0.1) is 12.7 Å². The first-order valence-electron chi connectivity index (χ1n) is 12.0. The fourth-order valence-corrected chi connectivity index (χ4v) is 4.78. The van der Waals surface area contributed by atoms with Crippen LogP contribution in [0.3, 0.4) is 0 Å². The number of aromatic nitrogens is 5. The van der Waals surface area contributed by atoms with Crippen LogP contribution in [0.4, 0.5) is 4.39 Å². The maximum atomic E-state index is 15.1. The first kappa shape index (κ1) is 22.3. The average Bonchev–Trinajstić information content (AvgIpc) is 3.59.